The summed E-state index contributed by atoms with van der Waals surface area (Å²) in [5.41, 5.74) is 0.750. The van der Waals surface area contributed by atoms with E-state index in [1.807, 2.05) is 0 Å². The summed E-state index contributed by atoms with van der Waals surface area (Å²) in [6, 6.07) is 0. The first kappa shape index (κ1) is 7.64. The normalized spacial score (nSPS) is 30.3. The second kappa shape index (κ2) is 2.80. The van der Waals surface area contributed by atoms with Crippen LogP contribution in [-0.2, 0) is 0 Å². The van der Waals surface area contributed by atoms with Crippen molar-refractivity contribution in [2.75, 3.05) is 0 Å². The quantitative estimate of drug-likeness (QED) is 0.566. The summed E-state index contributed by atoms with van der Waals surface area (Å²) < 4.78 is 0. The molecule has 0 aromatic rings. The molecule has 2 aliphatic carbocycles. The van der Waals surface area contributed by atoms with Gasteiger partial charge in [0.1, 0.15) is 0 Å². The highest BCUT2D eigenvalue weighted by Crippen LogP contribution is 2.58. The van der Waals surface area contributed by atoms with E-state index < -0.39 is 0 Å². The van der Waals surface area contributed by atoms with E-state index in [-0.39, 0.29) is 0 Å². The molecule has 2 rings (SSSR count). The Kier molecular flexibility index (Phi) is 1.95. The van der Waals surface area contributed by atoms with Crippen molar-refractivity contribution < 1.29 is 0 Å². The van der Waals surface area contributed by atoms with E-state index in [0.29, 0.717) is 0 Å². The summed E-state index contributed by atoms with van der Waals surface area (Å²) in [6.07, 6.45) is 11.7. The van der Waals surface area contributed by atoms with Gasteiger partial charge in [-0.05, 0) is 43.4 Å². The minimum Gasteiger partial charge on any atom is -0.0533 e. The highest BCUT2D eigenvalue weighted by molar-refractivity contribution is 4.99. The molecule has 0 N–H and O–H groups in total. The van der Waals surface area contributed by atoms with E-state index in [4.69, 9.17) is 0 Å². The van der Waals surface area contributed by atoms with Gasteiger partial charge in [-0.15, -0.1) is 0 Å². The van der Waals surface area contributed by atoms with Gasteiger partial charge in [0.2, 0.25) is 0 Å². The summed E-state index contributed by atoms with van der Waals surface area (Å²) >= 11 is 0. The summed E-state index contributed by atoms with van der Waals surface area (Å²) in [6.45, 7) is 4.10. The van der Waals surface area contributed by atoms with Crippen molar-refractivity contribution in [2.24, 2.45) is 11.3 Å². The maximum atomic E-state index is 4.10. The van der Waals surface area contributed by atoms with Gasteiger partial charge in [0.05, 0.1) is 0 Å². The van der Waals surface area contributed by atoms with E-state index in [1.165, 1.54) is 51.4 Å². The molecule has 0 heteroatoms. The fourth-order valence-electron chi connectivity index (χ4n) is 2.74. The lowest BCUT2D eigenvalue weighted by Crippen LogP contribution is -2.18. The van der Waals surface area contributed by atoms with Gasteiger partial charge in [-0.3, -0.25) is 0 Å². The summed E-state index contributed by atoms with van der Waals surface area (Å²) in [5.74, 6) is 1.06. The van der Waals surface area contributed by atoms with E-state index >= 15 is 0 Å². The van der Waals surface area contributed by atoms with Crippen LogP contribution in [0.25, 0.3) is 0 Å². The van der Waals surface area contributed by atoms with E-state index in [9.17, 15) is 0 Å². The number of rotatable bonds is 2. The largest absolute Gasteiger partial charge is 0.0533 e. The van der Waals surface area contributed by atoms with Crippen LogP contribution in [0.15, 0.2) is 0 Å². The molecule has 63 valence electrons. The third-order valence-corrected chi connectivity index (χ3v) is 3.86. The third kappa shape index (κ3) is 1.32. The van der Waals surface area contributed by atoms with Crippen LogP contribution >= 0.6 is 0 Å². The van der Waals surface area contributed by atoms with Gasteiger partial charge in [0, 0.05) is 0 Å². The van der Waals surface area contributed by atoms with Crippen LogP contribution in [0.5, 0.6) is 0 Å². The van der Waals surface area contributed by atoms with Crippen molar-refractivity contribution in [3.05, 3.63) is 6.92 Å². The smallest absolute Gasteiger partial charge is 0.0269 e. The van der Waals surface area contributed by atoms with Crippen LogP contribution in [0, 0.1) is 18.3 Å². The lowest BCUT2D eigenvalue weighted by atomic mass is 9.76. The van der Waals surface area contributed by atoms with Crippen LogP contribution in [0.1, 0.15) is 51.4 Å². The zero-order valence-electron chi connectivity index (χ0n) is 7.44. The molecule has 0 aromatic carbocycles. The van der Waals surface area contributed by atoms with Crippen molar-refractivity contribution in [1.29, 1.82) is 0 Å². The molecule has 0 heterocycles. The van der Waals surface area contributed by atoms with Crippen molar-refractivity contribution in [1.82, 2.24) is 0 Å². The Balaban J connectivity index is 1.92. The first-order chi connectivity index (χ1) is 5.37. The Hall–Kier alpha value is 0. The van der Waals surface area contributed by atoms with Gasteiger partial charge in [-0.25, -0.2) is 0 Å². The van der Waals surface area contributed by atoms with Crippen LogP contribution in [0.4, 0.5) is 0 Å². The monoisotopic (exact) mass is 151 g/mol. The molecule has 0 nitrogen and oxygen atoms in total. The molecule has 0 amide bonds. The molecule has 0 unspecified atom stereocenters. The van der Waals surface area contributed by atoms with Gasteiger partial charge in [0.25, 0.3) is 0 Å². The number of hydrogen-bond acceptors (Lipinski definition) is 0. The first-order valence-corrected chi connectivity index (χ1v) is 5.17. The van der Waals surface area contributed by atoms with Crippen molar-refractivity contribution in [3.8, 4) is 0 Å². The Morgan fingerprint density at radius 1 is 1.09 bits per heavy atom. The average Bonchev–Trinajstić information content (AvgIpc) is 2.86. The molecule has 2 fully saturated rings. The van der Waals surface area contributed by atoms with E-state index in [1.54, 1.807) is 0 Å². The molecular weight excluding hydrogens is 132 g/mol. The minimum atomic E-state index is 0.750. The molecule has 2 aliphatic rings. The molecule has 2 saturated carbocycles. The van der Waals surface area contributed by atoms with Crippen LogP contribution < -0.4 is 0 Å². The molecule has 0 atom stereocenters. The average molecular weight is 151 g/mol. The Bertz CT molecular complexity index is 127. The van der Waals surface area contributed by atoms with E-state index in [0.717, 1.165) is 11.3 Å². The highest BCUT2D eigenvalue weighted by atomic mass is 14.5. The summed E-state index contributed by atoms with van der Waals surface area (Å²) in [7, 11) is 0. The fourth-order valence-corrected chi connectivity index (χ4v) is 2.74. The van der Waals surface area contributed by atoms with Crippen LogP contribution in [-0.4, -0.2) is 0 Å². The SMILES string of the molecule is [CH2]CC1(C2CCCCC2)CC1. The van der Waals surface area contributed by atoms with Crippen molar-refractivity contribution in [3.63, 3.8) is 0 Å². The van der Waals surface area contributed by atoms with Crippen molar-refractivity contribution >= 4 is 0 Å². The molecule has 0 saturated heterocycles. The lowest BCUT2D eigenvalue weighted by Gasteiger charge is -2.29. The van der Waals surface area contributed by atoms with Gasteiger partial charge >= 0.3 is 0 Å². The highest BCUT2D eigenvalue weighted by Gasteiger charge is 2.46. The Morgan fingerprint density at radius 3 is 2.18 bits per heavy atom. The zero-order chi connectivity index (χ0) is 7.73. The molecule has 0 aliphatic heterocycles. The second-order valence-corrected chi connectivity index (χ2v) is 4.45. The van der Waals surface area contributed by atoms with Gasteiger partial charge in [-0.1, -0.05) is 26.2 Å². The Morgan fingerprint density at radius 2 is 1.73 bits per heavy atom. The predicted octanol–water partition coefficient (Wildman–Crippen LogP) is 3.57. The summed E-state index contributed by atoms with van der Waals surface area (Å²) in [5, 5.41) is 0. The fraction of sp³-hybridized carbons (Fsp3) is 0.909. The topological polar surface area (TPSA) is 0 Å². The molecule has 1 radical (unpaired) electrons. The van der Waals surface area contributed by atoms with Crippen molar-refractivity contribution in [2.45, 2.75) is 51.4 Å². The Labute approximate surface area is 70.4 Å². The standard InChI is InChI=1S/C11H19/c1-2-11(8-9-11)10-6-4-3-5-7-10/h10H,1-9H2. The number of hydrogen-bond donors (Lipinski definition) is 0. The van der Waals surface area contributed by atoms with Crippen LogP contribution in [0.2, 0.25) is 0 Å². The maximum Gasteiger partial charge on any atom is -0.0269 e. The van der Waals surface area contributed by atoms with E-state index in [2.05, 4.69) is 6.92 Å². The third-order valence-electron chi connectivity index (χ3n) is 3.86. The molecule has 0 aromatic heterocycles. The lowest BCUT2D eigenvalue weighted by molar-refractivity contribution is 0.228. The summed E-state index contributed by atoms with van der Waals surface area (Å²) in [4.78, 5) is 0. The van der Waals surface area contributed by atoms with Gasteiger partial charge < -0.3 is 0 Å². The minimum absolute atomic E-state index is 0.750. The second-order valence-electron chi connectivity index (χ2n) is 4.45. The molecule has 0 spiro atoms. The zero-order valence-corrected chi connectivity index (χ0v) is 7.44. The van der Waals surface area contributed by atoms with Crippen LogP contribution in [0.3, 0.4) is 0 Å². The first-order valence-electron chi connectivity index (χ1n) is 5.17. The van der Waals surface area contributed by atoms with Gasteiger partial charge in [0.15, 0.2) is 0 Å². The molecule has 0 bridgehead atoms. The molecule has 11 heavy (non-hydrogen) atoms. The molecular formula is C11H19. The predicted molar refractivity (Wildman–Crippen MR) is 48.2 cm³/mol. The maximum absolute atomic E-state index is 4.10. The van der Waals surface area contributed by atoms with Gasteiger partial charge in [-0.2, -0.15) is 0 Å².